The van der Waals surface area contributed by atoms with Crippen molar-refractivity contribution < 1.29 is 28.5 Å². The Morgan fingerprint density at radius 3 is 2.39 bits per heavy atom. The highest BCUT2D eigenvalue weighted by Gasteiger charge is 2.26. The summed E-state index contributed by atoms with van der Waals surface area (Å²) >= 11 is 2.15. The standard InChI is InChI=1S/C23H28INO6/c1-23(2,3)31-22(27)25-19(21(26)29-14-16-8-6-5-7-9-16)13-17-10-11-20(18(24)12-17)30-15-28-4/h5-12,19H,13-15H2,1-4H3,(H,25,27)/t19-/m0/s1. The van der Waals surface area contributed by atoms with Gasteiger partial charge in [-0.1, -0.05) is 36.4 Å². The molecular weight excluding hydrogens is 513 g/mol. The molecule has 0 spiro atoms. The molecule has 1 amide bonds. The number of esters is 1. The first kappa shape index (κ1) is 24.9. The van der Waals surface area contributed by atoms with Gasteiger partial charge < -0.3 is 24.3 Å². The van der Waals surface area contributed by atoms with Crippen LogP contribution < -0.4 is 10.1 Å². The van der Waals surface area contributed by atoms with Gasteiger partial charge >= 0.3 is 12.1 Å². The maximum absolute atomic E-state index is 12.8. The van der Waals surface area contributed by atoms with Crippen molar-refractivity contribution in [1.82, 2.24) is 5.32 Å². The summed E-state index contributed by atoms with van der Waals surface area (Å²) in [5.74, 6) is 0.138. The molecule has 0 aliphatic rings. The summed E-state index contributed by atoms with van der Waals surface area (Å²) in [6.07, 6.45) is -0.433. The van der Waals surface area contributed by atoms with Crippen molar-refractivity contribution in [2.24, 2.45) is 0 Å². The van der Waals surface area contributed by atoms with E-state index in [2.05, 4.69) is 27.9 Å². The average molecular weight is 541 g/mol. The molecule has 0 fully saturated rings. The van der Waals surface area contributed by atoms with Gasteiger partial charge in [0.1, 0.15) is 24.0 Å². The first-order chi connectivity index (χ1) is 14.7. The average Bonchev–Trinajstić information content (AvgIpc) is 2.70. The monoisotopic (exact) mass is 541 g/mol. The zero-order valence-corrected chi connectivity index (χ0v) is 20.3. The Bertz CT molecular complexity index is 866. The van der Waals surface area contributed by atoms with E-state index in [1.807, 2.05) is 42.5 Å². The van der Waals surface area contributed by atoms with Gasteiger partial charge in [0.15, 0.2) is 6.79 Å². The molecule has 8 heteroatoms. The highest BCUT2D eigenvalue weighted by Crippen LogP contribution is 2.23. The van der Waals surface area contributed by atoms with E-state index >= 15 is 0 Å². The number of benzene rings is 2. The Morgan fingerprint density at radius 1 is 1.06 bits per heavy atom. The Morgan fingerprint density at radius 2 is 1.77 bits per heavy atom. The number of carbonyl (C=O) groups excluding carboxylic acids is 2. The van der Waals surface area contributed by atoms with Crippen LogP contribution in [0.4, 0.5) is 4.79 Å². The van der Waals surface area contributed by atoms with Crippen LogP contribution in [0, 0.1) is 3.57 Å². The van der Waals surface area contributed by atoms with Crippen molar-refractivity contribution in [3.63, 3.8) is 0 Å². The van der Waals surface area contributed by atoms with Gasteiger partial charge in [0.25, 0.3) is 0 Å². The molecule has 0 heterocycles. The zero-order valence-electron chi connectivity index (χ0n) is 18.1. The van der Waals surface area contributed by atoms with Crippen molar-refractivity contribution in [2.75, 3.05) is 13.9 Å². The fourth-order valence-corrected chi connectivity index (χ4v) is 3.35. The van der Waals surface area contributed by atoms with Crippen LogP contribution in [0.1, 0.15) is 31.9 Å². The normalized spacial score (nSPS) is 12.0. The molecule has 1 N–H and O–H groups in total. The number of hydrogen-bond acceptors (Lipinski definition) is 6. The summed E-state index contributed by atoms with van der Waals surface area (Å²) in [5.41, 5.74) is 1.02. The zero-order chi connectivity index (χ0) is 22.9. The second-order valence-corrected chi connectivity index (χ2v) is 8.97. The van der Waals surface area contributed by atoms with Gasteiger partial charge in [0, 0.05) is 13.5 Å². The number of methoxy groups -OCH3 is 1. The molecular formula is C23H28INO6. The predicted molar refractivity (Wildman–Crippen MR) is 125 cm³/mol. The maximum Gasteiger partial charge on any atom is 0.408 e. The Hall–Kier alpha value is -2.33. The van der Waals surface area contributed by atoms with Crippen molar-refractivity contribution in [3.05, 3.63) is 63.2 Å². The summed E-state index contributed by atoms with van der Waals surface area (Å²) in [5, 5.41) is 2.64. The first-order valence-electron chi connectivity index (χ1n) is 9.78. The van der Waals surface area contributed by atoms with Crippen LogP contribution in [0.25, 0.3) is 0 Å². The van der Waals surface area contributed by atoms with Gasteiger partial charge in [-0.25, -0.2) is 9.59 Å². The van der Waals surface area contributed by atoms with Crippen LogP contribution in [0.2, 0.25) is 0 Å². The highest BCUT2D eigenvalue weighted by atomic mass is 127. The molecule has 168 valence electrons. The maximum atomic E-state index is 12.8. The first-order valence-corrected chi connectivity index (χ1v) is 10.9. The van der Waals surface area contributed by atoms with Gasteiger partial charge in [-0.2, -0.15) is 0 Å². The second-order valence-electron chi connectivity index (χ2n) is 7.81. The van der Waals surface area contributed by atoms with Crippen LogP contribution in [0.15, 0.2) is 48.5 Å². The van der Waals surface area contributed by atoms with E-state index in [9.17, 15) is 9.59 Å². The van der Waals surface area contributed by atoms with E-state index in [4.69, 9.17) is 18.9 Å². The van der Waals surface area contributed by atoms with Gasteiger partial charge in [-0.05, 0) is 66.6 Å². The van der Waals surface area contributed by atoms with Crippen molar-refractivity contribution in [1.29, 1.82) is 0 Å². The van der Waals surface area contributed by atoms with Crippen molar-refractivity contribution in [2.45, 2.75) is 45.4 Å². The molecule has 2 aromatic carbocycles. The van der Waals surface area contributed by atoms with Crippen LogP contribution in [0.3, 0.4) is 0 Å². The number of alkyl carbamates (subject to hydrolysis) is 1. The second kappa shape index (κ2) is 11.9. The molecule has 7 nitrogen and oxygen atoms in total. The van der Waals surface area contributed by atoms with E-state index < -0.39 is 23.7 Å². The predicted octanol–water partition coefficient (Wildman–Crippen LogP) is 4.45. The van der Waals surface area contributed by atoms with Gasteiger partial charge in [-0.3, -0.25) is 0 Å². The van der Waals surface area contributed by atoms with Gasteiger partial charge in [-0.15, -0.1) is 0 Å². The minimum absolute atomic E-state index is 0.119. The van der Waals surface area contributed by atoms with E-state index in [0.717, 1.165) is 14.7 Å². The molecule has 0 saturated carbocycles. The summed E-state index contributed by atoms with van der Waals surface area (Å²) in [7, 11) is 1.55. The summed E-state index contributed by atoms with van der Waals surface area (Å²) in [4.78, 5) is 25.1. The third-order valence-electron chi connectivity index (χ3n) is 3.97. The fraction of sp³-hybridized carbons (Fsp3) is 0.391. The summed E-state index contributed by atoms with van der Waals surface area (Å²) < 4.78 is 22.0. The number of rotatable bonds is 9. The highest BCUT2D eigenvalue weighted by molar-refractivity contribution is 14.1. The van der Waals surface area contributed by atoms with Crippen molar-refractivity contribution in [3.8, 4) is 5.75 Å². The lowest BCUT2D eigenvalue weighted by Gasteiger charge is -2.23. The smallest absolute Gasteiger partial charge is 0.408 e. The molecule has 0 bridgehead atoms. The van der Waals surface area contributed by atoms with E-state index in [1.54, 1.807) is 33.9 Å². The Labute approximate surface area is 196 Å². The number of halogens is 1. The lowest BCUT2D eigenvalue weighted by molar-refractivity contribution is -0.147. The van der Waals surface area contributed by atoms with Crippen LogP contribution in [-0.4, -0.2) is 37.6 Å². The molecule has 0 aromatic heterocycles. The Balaban J connectivity index is 2.11. The topological polar surface area (TPSA) is 83.1 Å². The van der Waals surface area contributed by atoms with Crippen LogP contribution in [0.5, 0.6) is 5.75 Å². The minimum atomic E-state index is -0.903. The molecule has 0 unspecified atom stereocenters. The van der Waals surface area contributed by atoms with E-state index in [0.29, 0.717) is 5.75 Å². The molecule has 2 rings (SSSR count). The number of nitrogens with one attached hydrogen (secondary N) is 1. The molecule has 1 atom stereocenters. The molecule has 0 aliphatic heterocycles. The van der Waals surface area contributed by atoms with Gasteiger partial charge in [0.2, 0.25) is 0 Å². The number of ether oxygens (including phenoxy) is 4. The van der Waals surface area contributed by atoms with E-state index in [1.165, 1.54) is 0 Å². The third-order valence-corrected chi connectivity index (χ3v) is 4.81. The van der Waals surface area contributed by atoms with Crippen molar-refractivity contribution >= 4 is 34.7 Å². The summed E-state index contributed by atoms with van der Waals surface area (Å²) in [6, 6.07) is 14.0. The Kier molecular flexibility index (Phi) is 9.57. The van der Waals surface area contributed by atoms with Gasteiger partial charge in [0.05, 0.1) is 3.57 Å². The summed E-state index contributed by atoms with van der Waals surface area (Å²) in [6.45, 7) is 5.54. The third kappa shape index (κ3) is 9.14. The molecule has 0 radical (unpaired) electrons. The SMILES string of the molecule is COCOc1ccc(C[C@H](NC(=O)OC(C)(C)C)C(=O)OCc2ccccc2)cc1I. The number of amides is 1. The lowest BCUT2D eigenvalue weighted by atomic mass is 10.1. The minimum Gasteiger partial charge on any atom is -0.466 e. The van der Waals surface area contributed by atoms with Crippen LogP contribution >= 0.6 is 22.6 Å². The number of hydrogen-bond donors (Lipinski definition) is 1. The van der Waals surface area contributed by atoms with E-state index in [-0.39, 0.29) is 19.8 Å². The molecule has 31 heavy (non-hydrogen) atoms. The quantitative estimate of drug-likeness (QED) is 0.287. The van der Waals surface area contributed by atoms with Crippen LogP contribution in [-0.2, 0) is 32.0 Å². The lowest BCUT2D eigenvalue weighted by Crippen LogP contribution is -2.45. The fourth-order valence-electron chi connectivity index (χ4n) is 2.62. The molecule has 2 aromatic rings. The largest absolute Gasteiger partial charge is 0.466 e. The number of carbonyl (C=O) groups is 2. The molecule has 0 aliphatic carbocycles. The molecule has 0 saturated heterocycles.